The van der Waals surface area contributed by atoms with E-state index in [1.54, 1.807) is 30.3 Å². The van der Waals surface area contributed by atoms with Gasteiger partial charge in [0.1, 0.15) is 5.75 Å². The number of nitrogens with zero attached hydrogens (tertiary/aromatic N) is 3. The van der Waals surface area contributed by atoms with Crippen molar-refractivity contribution >= 4 is 46.6 Å². The first-order chi connectivity index (χ1) is 15.3. The van der Waals surface area contributed by atoms with Gasteiger partial charge in [0.2, 0.25) is 5.91 Å². The van der Waals surface area contributed by atoms with E-state index >= 15 is 0 Å². The van der Waals surface area contributed by atoms with E-state index < -0.39 is 0 Å². The lowest BCUT2D eigenvalue weighted by molar-refractivity contribution is -0.113. The van der Waals surface area contributed by atoms with Crippen molar-refractivity contribution in [3.8, 4) is 5.75 Å². The van der Waals surface area contributed by atoms with Crippen molar-refractivity contribution in [3.63, 3.8) is 0 Å². The minimum Gasteiger partial charge on any atom is -0.483 e. The van der Waals surface area contributed by atoms with E-state index in [4.69, 9.17) is 27.9 Å². The van der Waals surface area contributed by atoms with Gasteiger partial charge < -0.3 is 10.1 Å². The molecule has 1 N–H and O–H groups in total. The highest BCUT2D eigenvalue weighted by atomic mass is 35.5. The number of hydrogen-bond donors (Lipinski definition) is 1. The molecule has 0 aliphatic rings. The summed E-state index contributed by atoms with van der Waals surface area (Å²) in [6.07, 6.45) is 1.39. The number of aryl methyl sites for hydroxylation is 2. The number of rotatable bonds is 9. The minimum atomic E-state index is -0.364. The van der Waals surface area contributed by atoms with Gasteiger partial charge in [-0.2, -0.15) is 0 Å². The highest BCUT2D eigenvalue weighted by Crippen LogP contribution is 2.30. The lowest BCUT2D eigenvalue weighted by Crippen LogP contribution is -2.15. The van der Waals surface area contributed by atoms with Crippen LogP contribution in [-0.4, -0.2) is 26.4 Å². The number of aromatic nitrogens is 3. The number of ether oxygens (including phenoxy) is 1. The first-order valence-corrected chi connectivity index (χ1v) is 11.7. The van der Waals surface area contributed by atoms with Gasteiger partial charge in [0.25, 0.3) is 0 Å². The Hall–Kier alpha value is -2.48. The number of hydrogen-bond acceptors (Lipinski definition) is 5. The van der Waals surface area contributed by atoms with E-state index in [1.165, 1.54) is 11.8 Å². The maximum Gasteiger partial charge on any atom is 0.234 e. The second-order valence-corrected chi connectivity index (χ2v) is 8.98. The maximum atomic E-state index is 12.4. The molecule has 6 nitrogen and oxygen atoms in total. The third-order valence-corrected chi connectivity index (χ3v) is 6.38. The summed E-state index contributed by atoms with van der Waals surface area (Å²) in [5, 5.41) is 13.3. The van der Waals surface area contributed by atoms with Crippen LogP contribution >= 0.6 is 35.0 Å². The Balaban J connectivity index is 1.70. The molecular formula is C23H24Cl2N4O2S. The van der Waals surface area contributed by atoms with E-state index in [0.717, 1.165) is 16.1 Å². The van der Waals surface area contributed by atoms with Gasteiger partial charge in [0.15, 0.2) is 17.1 Å². The van der Waals surface area contributed by atoms with Crippen molar-refractivity contribution in [3.05, 3.63) is 76.0 Å². The molecular weight excluding hydrogens is 467 g/mol. The van der Waals surface area contributed by atoms with Crippen LogP contribution < -0.4 is 10.1 Å². The predicted octanol–water partition coefficient (Wildman–Crippen LogP) is 6.26. The Morgan fingerprint density at radius 2 is 1.97 bits per heavy atom. The SMILES string of the molecule is C=CCn1c(SCC(=O)Nc2cccc(Cl)c2)nnc1C(C)Oc1cc(C)c(Cl)c(C)c1. The average Bonchev–Trinajstić information content (AvgIpc) is 3.13. The number of nitrogens with one attached hydrogen (secondary N) is 1. The predicted molar refractivity (Wildman–Crippen MR) is 131 cm³/mol. The zero-order chi connectivity index (χ0) is 23.3. The molecule has 168 valence electrons. The Bertz CT molecular complexity index is 1110. The molecule has 0 fully saturated rings. The zero-order valence-corrected chi connectivity index (χ0v) is 20.4. The summed E-state index contributed by atoms with van der Waals surface area (Å²) in [4.78, 5) is 12.4. The summed E-state index contributed by atoms with van der Waals surface area (Å²) < 4.78 is 8.01. The fourth-order valence-electron chi connectivity index (χ4n) is 3.13. The maximum absolute atomic E-state index is 12.4. The highest BCUT2D eigenvalue weighted by Gasteiger charge is 2.20. The summed E-state index contributed by atoms with van der Waals surface area (Å²) in [6.45, 7) is 10.1. The highest BCUT2D eigenvalue weighted by molar-refractivity contribution is 7.99. The lowest BCUT2D eigenvalue weighted by atomic mass is 10.1. The number of amides is 1. The van der Waals surface area contributed by atoms with Crippen molar-refractivity contribution in [1.82, 2.24) is 14.8 Å². The molecule has 1 amide bonds. The van der Waals surface area contributed by atoms with Crippen molar-refractivity contribution in [1.29, 1.82) is 0 Å². The minimum absolute atomic E-state index is 0.164. The molecule has 1 unspecified atom stereocenters. The van der Waals surface area contributed by atoms with Crippen LogP contribution in [0.4, 0.5) is 5.69 Å². The van der Waals surface area contributed by atoms with Crippen molar-refractivity contribution in [2.24, 2.45) is 0 Å². The average molecular weight is 491 g/mol. The second-order valence-electron chi connectivity index (χ2n) is 7.22. The molecule has 0 spiro atoms. The lowest BCUT2D eigenvalue weighted by Gasteiger charge is -2.17. The van der Waals surface area contributed by atoms with E-state index in [0.29, 0.717) is 34.0 Å². The van der Waals surface area contributed by atoms with Crippen LogP contribution in [0.5, 0.6) is 5.75 Å². The number of carbonyl (C=O) groups is 1. The van der Waals surface area contributed by atoms with E-state index in [9.17, 15) is 4.79 Å². The molecule has 9 heteroatoms. The van der Waals surface area contributed by atoms with Crippen LogP contribution in [0.3, 0.4) is 0 Å². The topological polar surface area (TPSA) is 69.0 Å². The molecule has 0 aliphatic carbocycles. The molecule has 0 saturated heterocycles. The molecule has 0 saturated carbocycles. The van der Waals surface area contributed by atoms with Crippen LogP contribution in [0.1, 0.15) is 30.0 Å². The van der Waals surface area contributed by atoms with Crippen LogP contribution in [0.2, 0.25) is 10.0 Å². The van der Waals surface area contributed by atoms with Gasteiger partial charge in [0.05, 0.1) is 5.75 Å². The number of carbonyl (C=O) groups excluding carboxylic acids is 1. The van der Waals surface area contributed by atoms with Gasteiger partial charge in [0, 0.05) is 22.3 Å². The standard InChI is InChI=1S/C23H24Cl2N4O2S/c1-5-9-29-22(16(4)31-19-10-14(2)21(25)15(3)11-19)27-28-23(29)32-13-20(30)26-18-8-6-7-17(24)12-18/h5-8,10-12,16H,1,9,13H2,2-4H3,(H,26,30). The van der Waals surface area contributed by atoms with Gasteiger partial charge >= 0.3 is 0 Å². The molecule has 3 rings (SSSR count). The monoisotopic (exact) mass is 490 g/mol. The van der Waals surface area contributed by atoms with Crippen LogP contribution in [0.15, 0.2) is 54.2 Å². The number of benzene rings is 2. The summed E-state index contributed by atoms with van der Waals surface area (Å²) in [7, 11) is 0. The number of thioether (sulfide) groups is 1. The molecule has 1 aromatic heterocycles. The van der Waals surface area contributed by atoms with Gasteiger partial charge in [-0.1, -0.05) is 47.1 Å². The van der Waals surface area contributed by atoms with Gasteiger partial charge in [-0.15, -0.1) is 16.8 Å². The van der Waals surface area contributed by atoms with Crippen molar-refractivity contribution < 1.29 is 9.53 Å². The van der Waals surface area contributed by atoms with Crippen LogP contribution in [0.25, 0.3) is 0 Å². The molecule has 32 heavy (non-hydrogen) atoms. The quantitative estimate of drug-likeness (QED) is 0.283. The van der Waals surface area contributed by atoms with Crippen molar-refractivity contribution in [2.45, 2.75) is 38.6 Å². The van der Waals surface area contributed by atoms with Gasteiger partial charge in [-0.05, 0) is 62.2 Å². The number of halogens is 2. The van der Waals surface area contributed by atoms with E-state index in [-0.39, 0.29) is 17.8 Å². The molecule has 0 bridgehead atoms. The van der Waals surface area contributed by atoms with Crippen molar-refractivity contribution in [2.75, 3.05) is 11.1 Å². The molecule has 1 heterocycles. The Labute approximate surface area is 202 Å². The zero-order valence-electron chi connectivity index (χ0n) is 18.1. The Kier molecular flexibility index (Phi) is 8.23. The Morgan fingerprint density at radius 3 is 2.62 bits per heavy atom. The summed E-state index contributed by atoms with van der Waals surface area (Å²) >= 11 is 13.5. The molecule has 2 aromatic carbocycles. The summed E-state index contributed by atoms with van der Waals surface area (Å²) in [6, 6.07) is 10.8. The fourth-order valence-corrected chi connectivity index (χ4v) is 4.19. The van der Waals surface area contributed by atoms with Gasteiger partial charge in [-0.25, -0.2) is 0 Å². The molecule has 0 aliphatic heterocycles. The molecule has 0 radical (unpaired) electrons. The van der Waals surface area contributed by atoms with Crippen LogP contribution in [0, 0.1) is 13.8 Å². The summed E-state index contributed by atoms with van der Waals surface area (Å²) in [5.41, 5.74) is 2.54. The molecule has 3 aromatic rings. The van der Waals surface area contributed by atoms with E-state index in [2.05, 4.69) is 22.1 Å². The van der Waals surface area contributed by atoms with Gasteiger partial charge in [-0.3, -0.25) is 9.36 Å². The third-order valence-electron chi connectivity index (χ3n) is 4.58. The third kappa shape index (κ3) is 6.06. The fraction of sp³-hybridized carbons (Fsp3) is 0.261. The van der Waals surface area contributed by atoms with E-state index in [1.807, 2.05) is 37.5 Å². The first-order valence-electron chi connectivity index (χ1n) is 9.94. The summed E-state index contributed by atoms with van der Waals surface area (Å²) in [5.74, 6) is 1.36. The normalized spacial score (nSPS) is 11.8. The smallest absolute Gasteiger partial charge is 0.234 e. The number of allylic oxidation sites excluding steroid dienone is 1. The first kappa shape index (κ1) is 24.2. The molecule has 1 atom stereocenters. The number of anilines is 1. The largest absolute Gasteiger partial charge is 0.483 e. The second kappa shape index (κ2) is 10.9. The Morgan fingerprint density at radius 1 is 1.25 bits per heavy atom. The van der Waals surface area contributed by atoms with Crippen LogP contribution in [-0.2, 0) is 11.3 Å².